The van der Waals surface area contributed by atoms with Crippen LogP contribution in [0.15, 0.2) is 12.1 Å². The highest BCUT2D eigenvalue weighted by Crippen LogP contribution is 2.24. The Morgan fingerprint density at radius 1 is 1.56 bits per heavy atom. The van der Waals surface area contributed by atoms with Gasteiger partial charge in [-0.2, -0.15) is 0 Å². The predicted molar refractivity (Wildman–Crippen MR) is 58.7 cm³/mol. The van der Waals surface area contributed by atoms with Gasteiger partial charge < -0.3 is 4.74 Å². The molecule has 5 nitrogen and oxygen atoms in total. The summed E-state index contributed by atoms with van der Waals surface area (Å²) in [5.74, 6) is -0.528. The van der Waals surface area contributed by atoms with E-state index in [9.17, 15) is 14.9 Å². The van der Waals surface area contributed by atoms with Gasteiger partial charge >= 0.3 is 5.97 Å². The molecule has 0 atom stereocenters. The molecule has 1 aromatic carbocycles. The standard InChI is InChI=1S/C10H10ClNO4/c1-6-3-8(10(13)16-2)7(5-11)4-9(6)12(14)15/h3-4H,5H2,1-2H3. The second kappa shape index (κ2) is 4.94. The zero-order valence-corrected chi connectivity index (χ0v) is 9.58. The van der Waals surface area contributed by atoms with Crippen LogP contribution in [-0.4, -0.2) is 18.0 Å². The molecule has 1 rings (SSSR count). The summed E-state index contributed by atoms with van der Waals surface area (Å²) < 4.78 is 4.57. The largest absolute Gasteiger partial charge is 0.465 e. The zero-order valence-electron chi connectivity index (χ0n) is 8.82. The van der Waals surface area contributed by atoms with E-state index in [2.05, 4.69) is 4.74 Å². The van der Waals surface area contributed by atoms with Crippen LogP contribution < -0.4 is 0 Å². The molecule has 0 radical (unpaired) electrons. The third kappa shape index (κ3) is 2.30. The van der Waals surface area contributed by atoms with Crippen molar-refractivity contribution < 1.29 is 14.5 Å². The molecule has 0 aliphatic carbocycles. The molecule has 0 spiro atoms. The van der Waals surface area contributed by atoms with E-state index in [0.717, 1.165) is 0 Å². The second-order valence-corrected chi connectivity index (χ2v) is 3.45. The summed E-state index contributed by atoms with van der Waals surface area (Å²) >= 11 is 5.63. The van der Waals surface area contributed by atoms with Gasteiger partial charge in [0, 0.05) is 17.5 Å². The SMILES string of the molecule is COC(=O)c1cc(C)c([N+](=O)[O-])cc1CCl. The lowest BCUT2D eigenvalue weighted by Crippen LogP contribution is -2.06. The van der Waals surface area contributed by atoms with Gasteiger partial charge in [0.25, 0.3) is 5.69 Å². The molecule has 0 heterocycles. The van der Waals surface area contributed by atoms with Crippen molar-refractivity contribution in [3.05, 3.63) is 38.9 Å². The van der Waals surface area contributed by atoms with Crippen molar-refractivity contribution in [1.29, 1.82) is 0 Å². The predicted octanol–water partition coefficient (Wildman–Crippen LogP) is 2.43. The highest BCUT2D eigenvalue weighted by molar-refractivity contribution is 6.17. The van der Waals surface area contributed by atoms with Crippen LogP contribution in [0.1, 0.15) is 21.5 Å². The van der Waals surface area contributed by atoms with Crippen LogP contribution in [0.2, 0.25) is 0 Å². The lowest BCUT2D eigenvalue weighted by molar-refractivity contribution is -0.385. The molecule has 16 heavy (non-hydrogen) atoms. The first-order valence-electron chi connectivity index (χ1n) is 4.43. The molecule has 0 fully saturated rings. The Morgan fingerprint density at radius 3 is 2.62 bits per heavy atom. The molecule has 6 heteroatoms. The molecular weight excluding hydrogens is 234 g/mol. The van der Waals surface area contributed by atoms with Gasteiger partial charge in [-0.05, 0) is 18.6 Å². The summed E-state index contributed by atoms with van der Waals surface area (Å²) in [6.45, 7) is 1.56. The minimum atomic E-state index is -0.548. The van der Waals surface area contributed by atoms with E-state index in [1.807, 2.05) is 0 Å². The number of hydrogen-bond acceptors (Lipinski definition) is 4. The number of methoxy groups -OCH3 is 1. The summed E-state index contributed by atoms with van der Waals surface area (Å²) in [5.41, 5.74) is 1.01. The molecular formula is C10H10ClNO4. The molecule has 0 amide bonds. The van der Waals surface area contributed by atoms with Crippen LogP contribution in [0.4, 0.5) is 5.69 Å². The monoisotopic (exact) mass is 243 g/mol. The Hall–Kier alpha value is -1.62. The number of alkyl halides is 1. The van der Waals surface area contributed by atoms with Crippen molar-refractivity contribution in [1.82, 2.24) is 0 Å². The molecule has 0 aromatic heterocycles. The van der Waals surface area contributed by atoms with Crippen LogP contribution in [0.25, 0.3) is 0 Å². The number of carbonyl (C=O) groups is 1. The Morgan fingerprint density at radius 2 is 2.19 bits per heavy atom. The molecule has 0 saturated heterocycles. The van der Waals surface area contributed by atoms with Crippen LogP contribution in [0.3, 0.4) is 0 Å². The number of esters is 1. The first kappa shape index (κ1) is 12.4. The number of hydrogen-bond donors (Lipinski definition) is 0. The van der Waals surface area contributed by atoms with Gasteiger partial charge in [0.15, 0.2) is 0 Å². The second-order valence-electron chi connectivity index (χ2n) is 3.18. The molecule has 0 saturated carbocycles. The maximum atomic E-state index is 11.4. The molecule has 0 N–H and O–H groups in total. The maximum absolute atomic E-state index is 11.4. The summed E-state index contributed by atoms with van der Waals surface area (Å²) in [6.07, 6.45) is 0. The summed E-state index contributed by atoms with van der Waals surface area (Å²) in [6, 6.07) is 2.72. The van der Waals surface area contributed by atoms with Gasteiger partial charge in [-0.3, -0.25) is 10.1 Å². The quantitative estimate of drug-likeness (QED) is 0.354. The average molecular weight is 244 g/mol. The molecule has 1 aromatic rings. The molecule has 86 valence electrons. The number of nitrogens with zero attached hydrogens (tertiary/aromatic N) is 1. The normalized spacial score (nSPS) is 9.94. The Labute approximate surface area is 97.1 Å². The van der Waals surface area contributed by atoms with Gasteiger partial charge in [0.1, 0.15) is 0 Å². The fourth-order valence-electron chi connectivity index (χ4n) is 1.35. The van der Waals surface area contributed by atoms with Crippen LogP contribution in [0, 0.1) is 17.0 Å². The number of rotatable bonds is 3. The number of aryl methyl sites for hydroxylation is 1. The highest BCUT2D eigenvalue weighted by Gasteiger charge is 2.19. The number of nitro benzene ring substituents is 1. The van der Waals surface area contributed by atoms with Gasteiger partial charge in [-0.15, -0.1) is 11.6 Å². The molecule has 0 aliphatic heterocycles. The minimum absolute atomic E-state index is 0.0194. The number of carbonyl (C=O) groups excluding carboxylic acids is 1. The van der Waals surface area contributed by atoms with Crippen molar-refractivity contribution in [3.63, 3.8) is 0 Å². The van der Waals surface area contributed by atoms with Crippen molar-refractivity contribution in [3.8, 4) is 0 Å². The summed E-state index contributed by atoms with van der Waals surface area (Å²) in [5, 5.41) is 10.7. The Bertz CT molecular complexity index is 445. The van der Waals surface area contributed by atoms with Crippen molar-refractivity contribution >= 4 is 23.3 Å². The van der Waals surface area contributed by atoms with E-state index >= 15 is 0 Å². The highest BCUT2D eigenvalue weighted by atomic mass is 35.5. The summed E-state index contributed by atoms with van der Waals surface area (Å²) in [4.78, 5) is 21.6. The topological polar surface area (TPSA) is 69.4 Å². The van der Waals surface area contributed by atoms with E-state index < -0.39 is 10.9 Å². The number of benzene rings is 1. The molecule has 0 unspecified atom stereocenters. The maximum Gasteiger partial charge on any atom is 0.338 e. The first-order chi connectivity index (χ1) is 7.51. The third-order valence-corrected chi connectivity index (χ3v) is 2.46. The Balaban J connectivity index is 3.37. The summed E-state index contributed by atoms with van der Waals surface area (Å²) in [7, 11) is 1.25. The fraction of sp³-hybridized carbons (Fsp3) is 0.300. The van der Waals surface area contributed by atoms with Gasteiger partial charge in [0.05, 0.1) is 17.6 Å². The van der Waals surface area contributed by atoms with Crippen LogP contribution >= 0.6 is 11.6 Å². The molecule has 0 bridgehead atoms. The number of halogens is 1. The van der Waals surface area contributed by atoms with Crippen LogP contribution in [-0.2, 0) is 10.6 Å². The average Bonchev–Trinajstić information content (AvgIpc) is 2.27. The lowest BCUT2D eigenvalue weighted by atomic mass is 10.0. The molecule has 0 aliphatic rings. The first-order valence-corrected chi connectivity index (χ1v) is 4.97. The zero-order chi connectivity index (χ0) is 12.3. The lowest BCUT2D eigenvalue weighted by Gasteiger charge is -2.06. The fourth-order valence-corrected chi connectivity index (χ4v) is 1.57. The van der Waals surface area contributed by atoms with E-state index in [1.54, 1.807) is 6.92 Å². The van der Waals surface area contributed by atoms with E-state index in [-0.39, 0.29) is 17.1 Å². The van der Waals surface area contributed by atoms with Crippen molar-refractivity contribution in [2.24, 2.45) is 0 Å². The van der Waals surface area contributed by atoms with Crippen molar-refractivity contribution in [2.75, 3.05) is 7.11 Å². The van der Waals surface area contributed by atoms with Gasteiger partial charge in [-0.25, -0.2) is 4.79 Å². The number of ether oxygens (including phenoxy) is 1. The van der Waals surface area contributed by atoms with E-state index in [1.165, 1.54) is 19.2 Å². The van der Waals surface area contributed by atoms with Crippen molar-refractivity contribution in [2.45, 2.75) is 12.8 Å². The van der Waals surface area contributed by atoms with E-state index in [0.29, 0.717) is 11.1 Å². The van der Waals surface area contributed by atoms with E-state index in [4.69, 9.17) is 11.6 Å². The third-order valence-electron chi connectivity index (χ3n) is 2.17. The smallest absolute Gasteiger partial charge is 0.338 e. The Kier molecular flexibility index (Phi) is 3.84. The van der Waals surface area contributed by atoms with Gasteiger partial charge in [0.2, 0.25) is 0 Å². The van der Waals surface area contributed by atoms with Gasteiger partial charge in [-0.1, -0.05) is 0 Å². The van der Waals surface area contributed by atoms with Crippen LogP contribution in [0.5, 0.6) is 0 Å². The minimum Gasteiger partial charge on any atom is -0.465 e. The number of nitro groups is 1.